The maximum atomic E-state index is 14.6. The minimum Gasteiger partial charge on any atom is -0.462 e. The van der Waals surface area contributed by atoms with E-state index in [9.17, 15) is 43.3 Å². The van der Waals surface area contributed by atoms with Crippen molar-refractivity contribution >= 4 is 73.8 Å². The third-order valence-electron chi connectivity index (χ3n) is 27.7. The maximum absolute atomic E-state index is 14.6. The van der Waals surface area contributed by atoms with Gasteiger partial charge in [-0.2, -0.15) is 58.9 Å². The lowest BCUT2D eigenvalue weighted by Gasteiger charge is -2.42. The van der Waals surface area contributed by atoms with Crippen molar-refractivity contribution < 1.29 is 51.2 Å². The number of hydrogen-bond acceptors (Lipinski definition) is 26. The number of likely N-dealkylation sites (tertiary alicyclic amines) is 3. The summed E-state index contributed by atoms with van der Waals surface area (Å²) >= 11 is 0. The van der Waals surface area contributed by atoms with Crippen molar-refractivity contribution in [2.24, 2.45) is 0 Å². The van der Waals surface area contributed by atoms with Gasteiger partial charge in [-0.15, -0.1) is 0 Å². The van der Waals surface area contributed by atoms with E-state index in [-0.39, 0.29) is 123 Å². The van der Waals surface area contributed by atoms with Gasteiger partial charge in [0.05, 0.1) is 111 Å². The second kappa shape index (κ2) is 38.4. The molecule has 0 aliphatic carbocycles. The van der Waals surface area contributed by atoms with Crippen molar-refractivity contribution in [2.45, 2.75) is 138 Å². The average Bonchev–Trinajstić information content (AvgIpc) is 1.37. The monoisotopic (exact) mass is 1740 g/mol. The quantitative estimate of drug-likeness (QED) is 0.0432. The van der Waals surface area contributed by atoms with Gasteiger partial charge in [0, 0.05) is 182 Å². The van der Waals surface area contributed by atoms with Gasteiger partial charge >= 0.3 is 24.2 Å². The van der Waals surface area contributed by atoms with E-state index >= 15 is 0 Å². The number of halogens is 3. The number of methoxy groups -OCH3 is 2. The molecule has 12 heterocycles. The Morgan fingerprint density at radius 1 is 0.469 bits per heavy atom. The number of likely N-dealkylation sites (N-methyl/N-ethyl adjacent to an activating group) is 2. The summed E-state index contributed by atoms with van der Waals surface area (Å²) < 4.78 is 75.6. The lowest BCUT2D eigenvalue weighted by atomic mass is 9.90. The minimum atomic E-state index is -4.58. The fraction of sp³-hybridized carbons (Fsp3) is 0.479. The number of nitrogens with zero attached hydrogens (tertiary/aromatic N) is 21. The lowest BCUT2D eigenvalue weighted by molar-refractivity contribution is -0.137. The number of hydrogen-bond donors (Lipinski definition) is 0. The van der Waals surface area contributed by atoms with Crippen LogP contribution in [-0.2, 0) is 68.9 Å². The molecule has 9 atom stereocenters. The molecule has 3 aromatic heterocycles. The summed E-state index contributed by atoms with van der Waals surface area (Å²) in [5, 5.41) is 34.6. The third kappa shape index (κ3) is 18.2. The summed E-state index contributed by atoms with van der Waals surface area (Å²) in [5.41, 5.74) is 8.96. The van der Waals surface area contributed by atoms with Gasteiger partial charge in [0.2, 0.25) is 17.7 Å². The van der Waals surface area contributed by atoms with Crippen molar-refractivity contribution in [1.29, 1.82) is 15.8 Å². The van der Waals surface area contributed by atoms with E-state index in [1.807, 2.05) is 4.90 Å². The first-order valence-electron chi connectivity index (χ1n) is 44.6. The van der Waals surface area contributed by atoms with Gasteiger partial charge < -0.3 is 67.8 Å². The molecule has 668 valence electrons. The van der Waals surface area contributed by atoms with E-state index in [0.29, 0.717) is 142 Å². The van der Waals surface area contributed by atoms with Crippen LogP contribution in [0.15, 0.2) is 135 Å². The Morgan fingerprint density at radius 3 is 1.41 bits per heavy atom. The molecular formula is C96H110F3N21O8. The number of carbonyl (C=O) groups is 3. The molecule has 29 nitrogen and oxygen atoms in total. The first-order valence-corrected chi connectivity index (χ1v) is 44.6. The van der Waals surface area contributed by atoms with Crippen LogP contribution in [0.4, 0.5) is 47.7 Å². The molecule has 9 aliphatic heterocycles. The van der Waals surface area contributed by atoms with E-state index in [0.717, 1.165) is 118 Å². The van der Waals surface area contributed by atoms with Crippen LogP contribution in [0.5, 0.6) is 18.0 Å². The zero-order chi connectivity index (χ0) is 89.0. The van der Waals surface area contributed by atoms with Crippen LogP contribution in [0.2, 0.25) is 0 Å². The second-order valence-corrected chi connectivity index (χ2v) is 35.1. The maximum Gasteiger partial charge on any atom is 0.418 e. The van der Waals surface area contributed by atoms with Gasteiger partial charge in [-0.05, 0) is 129 Å². The Bertz CT molecular complexity index is 5650. The zero-order valence-electron chi connectivity index (χ0n) is 73.2. The van der Waals surface area contributed by atoms with Crippen molar-refractivity contribution in [1.82, 2.24) is 59.3 Å². The van der Waals surface area contributed by atoms with Crippen molar-refractivity contribution in [3.05, 3.63) is 185 Å². The van der Waals surface area contributed by atoms with Crippen LogP contribution in [0.1, 0.15) is 101 Å². The number of anilines is 6. The largest absolute Gasteiger partial charge is 0.462 e. The Labute approximate surface area is 744 Å². The van der Waals surface area contributed by atoms with Crippen molar-refractivity contribution in [3.63, 3.8) is 0 Å². The highest BCUT2D eigenvalue weighted by molar-refractivity contribution is 5.98. The number of alkyl halides is 3. The summed E-state index contributed by atoms with van der Waals surface area (Å²) in [6.07, 6.45) is 3.72. The Balaban J connectivity index is 0.625. The molecule has 5 aromatic carbocycles. The Hall–Kier alpha value is -12.3. The van der Waals surface area contributed by atoms with Gasteiger partial charge in [-0.25, -0.2) is 0 Å². The normalized spacial score (nSPS) is 22.8. The van der Waals surface area contributed by atoms with Crippen LogP contribution in [0, 0.1) is 34.0 Å². The zero-order valence-corrected chi connectivity index (χ0v) is 73.2. The summed E-state index contributed by atoms with van der Waals surface area (Å²) in [6, 6.07) is 38.2. The van der Waals surface area contributed by atoms with Crippen molar-refractivity contribution in [3.8, 4) is 36.2 Å². The topological polar surface area (TPSA) is 285 Å². The molecule has 3 amide bonds. The molecule has 0 radical (unpaired) electrons. The highest BCUT2D eigenvalue weighted by atomic mass is 19.4. The predicted molar refractivity (Wildman–Crippen MR) is 481 cm³/mol. The minimum absolute atomic E-state index is 0.0650. The fourth-order valence-electron chi connectivity index (χ4n) is 21.0. The van der Waals surface area contributed by atoms with E-state index in [1.54, 1.807) is 39.9 Å². The molecule has 32 heteroatoms. The SMILES string of the molecule is C=CC(=O)N1CCN(c2nc(OC[C@@H]3C[C@@H](OC)CN3C)nc3c2CCN(c2cc(C4C[C@@H](COc5nc6c(c(N7CCN(C(=O)C=C)C(CC#N)C7)n5)CCN(c5ccc(C7C[C@@H](COc8nc9c(c(N%10CCN(C(=O)C=C)[C@@H](CC#N)C%10)n8)CCN(c8ccccc8C(F)(F)F)C9)N(C)C7)c7ccccc57)C6)N(CCOC)C4)cc4ccccc24)C3)CC1CC#N. The molecule has 4 unspecified atom stereocenters. The molecule has 128 heavy (non-hydrogen) atoms. The highest BCUT2D eigenvalue weighted by Crippen LogP contribution is 2.46. The molecule has 9 aliphatic rings. The smallest absolute Gasteiger partial charge is 0.418 e. The predicted octanol–water partition coefficient (Wildman–Crippen LogP) is 10.3. The Kier molecular flexibility index (Phi) is 26.3. The number of fused-ring (bicyclic) bond motifs is 5. The van der Waals surface area contributed by atoms with E-state index in [1.165, 1.54) is 41.5 Å². The summed E-state index contributed by atoms with van der Waals surface area (Å²) in [5.74, 6) is 1.60. The molecule has 8 aromatic rings. The van der Waals surface area contributed by atoms with E-state index in [4.69, 9.17) is 53.6 Å². The van der Waals surface area contributed by atoms with Gasteiger partial charge in [-0.1, -0.05) is 92.5 Å². The number of benzene rings is 5. The number of nitriles is 3. The summed E-state index contributed by atoms with van der Waals surface area (Å²) in [4.78, 5) is 95.9. The van der Waals surface area contributed by atoms with Gasteiger partial charge in [0.25, 0.3) is 0 Å². The second-order valence-electron chi connectivity index (χ2n) is 35.1. The molecule has 0 saturated carbocycles. The molecule has 0 spiro atoms. The van der Waals surface area contributed by atoms with Crippen molar-refractivity contribution in [2.75, 3.05) is 189 Å². The van der Waals surface area contributed by atoms with Gasteiger partial charge in [-0.3, -0.25) is 29.1 Å². The van der Waals surface area contributed by atoms with Gasteiger partial charge in [0.1, 0.15) is 37.3 Å². The standard InChI is InChI=1S/C96H110F3N21O8/c1-8-87(121)118-40-37-115(52-66(118)25-31-100)90-77-28-34-112(84-24-23-73(75-19-13-14-20-76(75)84)65-47-69(109(4)50-65)59-126-93-104-82-57-113(85-22-16-15-21-80(85)96(97,98)99)35-29-78(82)91(106-93)116-38-41-119(88(122)9-2)67(53-116)26-32-101)56-81(77)103-95(108-90)128-61-71-46-64(51-111(71)43-44-124-6)63-45-62-17-11-12-18-74(62)86(48-63)114-36-30-79-83(58-114)105-94(127-60-70-49-72(125-7)55-110(70)5)107-92(79)117-39-42-120(89(123)10-3)68(54-117)27-33-102/h8-24,45,48,64-72H,1-3,25-30,34-44,46-47,49-61H2,4-7H3/t64?,65?,66?,67-,68?,69-,70-,71-,72+/m0/s1. The Morgan fingerprint density at radius 2 is 0.922 bits per heavy atom. The van der Waals surface area contributed by atoms with E-state index in [2.05, 4.69) is 159 Å². The summed E-state index contributed by atoms with van der Waals surface area (Å²) in [6.45, 7) is 21.8. The van der Waals surface area contributed by atoms with Crippen LogP contribution in [0.3, 0.4) is 0 Å². The highest BCUT2D eigenvalue weighted by Gasteiger charge is 2.43. The van der Waals surface area contributed by atoms with E-state index < -0.39 is 23.8 Å². The number of carbonyl (C=O) groups excluding carboxylic acids is 3. The lowest BCUT2D eigenvalue weighted by Crippen LogP contribution is -2.55. The number of piperazine rings is 3. The molecule has 6 fully saturated rings. The molecule has 0 bridgehead atoms. The van der Waals surface area contributed by atoms with Gasteiger partial charge in [0.15, 0.2) is 0 Å². The van der Waals surface area contributed by atoms with Crippen LogP contribution < -0.4 is 43.6 Å². The number of rotatable bonds is 27. The molecule has 17 rings (SSSR count). The average molecular weight is 1740 g/mol. The van der Waals surface area contributed by atoms with Crippen LogP contribution in [0.25, 0.3) is 21.5 Å². The molecular weight excluding hydrogens is 1630 g/mol. The number of para-hydroxylation sites is 1. The third-order valence-corrected chi connectivity index (χ3v) is 27.7. The fourth-order valence-corrected chi connectivity index (χ4v) is 21.0. The molecule has 0 N–H and O–H groups in total. The number of amides is 3. The number of ether oxygens (including phenoxy) is 5. The first-order chi connectivity index (χ1) is 62.2. The van der Waals surface area contributed by atoms with Crippen LogP contribution in [-0.4, -0.2) is 279 Å². The van der Waals surface area contributed by atoms with Crippen LogP contribution >= 0.6 is 0 Å². The first kappa shape index (κ1) is 87.8. The number of aromatic nitrogens is 6. The summed E-state index contributed by atoms with van der Waals surface area (Å²) in [7, 11) is 7.64. The molecule has 6 saturated heterocycles.